The van der Waals surface area contributed by atoms with Crippen molar-refractivity contribution >= 4 is 27.1 Å². The summed E-state index contributed by atoms with van der Waals surface area (Å²) in [5, 5.41) is 11.5. The molecule has 1 heterocycles. The molecular formula is C10H14O4S2. The van der Waals surface area contributed by atoms with Crippen LogP contribution in [-0.2, 0) is 21.1 Å². The fourth-order valence-electron chi connectivity index (χ4n) is 1.27. The Balaban J connectivity index is 2.54. The van der Waals surface area contributed by atoms with Gasteiger partial charge in [-0.1, -0.05) is 0 Å². The molecule has 0 radical (unpaired) electrons. The van der Waals surface area contributed by atoms with E-state index in [1.165, 1.54) is 18.3 Å². The average molecular weight is 262 g/mol. The van der Waals surface area contributed by atoms with Crippen LogP contribution in [0.4, 0.5) is 0 Å². The molecule has 0 aliphatic rings. The van der Waals surface area contributed by atoms with E-state index in [9.17, 15) is 13.2 Å². The minimum absolute atomic E-state index is 0.0121. The maximum Gasteiger partial charge on any atom is 0.304 e. The number of sulfone groups is 1. The van der Waals surface area contributed by atoms with Gasteiger partial charge in [-0.2, -0.15) is 11.3 Å². The summed E-state index contributed by atoms with van der Waals surface area (Å²) in [6.07, 6.45) is 0.127. The number of carboxylic acid groups (broad SMARTS) is 1. The zero-order chi connectivity index (χ0) is 12.2. The van der Waals surface area contributed by atoms with Crippen LogP contribution in [0.3, 0.4) is 0 Å². The highest BCUT2D eigenvalue weighted by Crippen LogP contribution is 2.12. The molecule has 0 aliphatic carbocycles. The minimum atomic E-state index is -3.31. The van der Waals surface area contributed by atoms with Gasteiger partial charge in [-0.3, -0.25) is 4.79 Å². The van der Waals surface area contributed by atoms with Gasteiger partial charge in [-0.15, -0.1) is 0 Å². The van der Waals surface area contributed by atoms with Gasteiger partial charge >= 0.3 is 5.97 Å². The van der Waals surface area contributed by atoms with Crippen molar-refractivity contribution in [3.63, 3.8) is 0 Å². The first-order valence-electron chi connectivity index (χ1n) is 4.86. The fourth-order valence-corrected chi connectivity index (χ4v) is 3.29. The van der Waals surface area contributed by atoms with Gasteiger partial charge in [-0.05, 0) is 35.7 Å². The molecule has 1 unspecified atom stereocenters. The largest absolute Gasteiger partial charge is 0.481 e. The molecule has 0 spiro atoms. The van der Waals surface area contributed by atoms with Gasteiger partial charge in [-0.25, -0.2) is 8.42 Å². The van der Waals surface area contributed by atoms with Gasteiger partial charge in [0.15, 0.2) is 9.84 Å². The Morgan fingerprint density at radius 2 is 2.25 bits per heavy atom. The summed E-state index contributed by atoms with van der Waals surface area (Å²) < 4.78 is 23.4. The van der Waals surface area contributed by atoms with Crippen molar-refractivity contribution in [1.82, 2.24) is 0 Å². The van der Waals surface area contributed by atoms with E-state index in [4.69, 9.17) is 5.11 Å². The molecule has 0 fully saturated rings. The molecule has 6 heteroatoms. The smallest absolute Gasteiger partial charge is 0.304 e. The first kappa shape index (κ1) is 13.2. The Morgan fingerprint density at radius 3 is 2.75 bits per heavy atom. The fraction of sp³-hybridized carbons (Fsp3) is 0.500. The molecule has 0 aromatic carbocycles. The van der Waals surface area contributed by atoms with Crippen LogP contribution in [0, 0.1) is 0 Å². The van der Waals surface area contributed by atoms with Gasteiger partial charge in [0, 0.05) is 0 Å². The topological polar surface area (TPSA) is 71.4 Å². The molecule has 1 aromatic rings. The highest BCUT2D eigenvalue weighted by molar-refractivity contribution is 7.92. The molecule has 0 saturated carbocycles. The van der Waals surface area contributed by atoms with Crippen LogP contribution in [0.15, 0.2) is 16.8 Å². The number of aliphatic carboxylic acids is 1. The van der Waals surface area contributed by atoms with Gasteiger partial charge in [0.05, 0.1) is 17.4 Å². The Kier molecular flexibility index (Phi) is 4.49. The summed E-state index contributed by atoms with van der Waals surface area (Å²) in [4.78, 5) is 10.4. The second-order valence-corrected chi connectivity index (χ2v) is 6.98. The lowest BCUT2D eigenvalue weighted by Gasteiger charge is -2.09. The lowest BCUT2D eigenvalue weighted by molar-refractivity contribution is -0.136. The summed E-state index contributed by atoms with van der Waals surface area (Å²) in [5.41, 5.74) is 0.983. The molecule has 0 saturated heterocycles. The lowest BCUT2D eigenvalue weighted by atomic mass is 10.3. The van der Waals surface area contributed by atoms with Crippen LogP contribution in [-0.4, -0.2) is 30.5 Å². The molecule has 1 N–H and O–H groups in total. The summed E-state index contributed by atoms with van der Waals surface area (Å²) in [6.45, 7) is 1.44. The second kappa shape index (κ2) is 5.45. The summed E-state index contributed by atoms with van der Waals surface area (Å²) in [6, 6.07) is 1.88. The van der Waals surface area contributed by atoms with Gasteiger partial charge in [0.1, 0.15) is 0 Å². The number of aryl methyl sites for hydroxylation is 1. The predicted octanol–water partition coefficient (Wildman–Crippen LogP) is 1.57. The third-order valence-corrected chi connectivity index (χ3v) is 5.23. The van der Waals surface area contributed by atoms with Crippen molar-refractivity contribution in [3.8, 4) is 0 Å². The van der Waals surface area contributed by atoms with Gasteiger partial charge in [0.2, 0.25) is 0 Å². The predicted molar refractivity (Wildman–Crippen MR) is 63.5 cm³/mol. The number of carboxylic acids is 1. The summed E-state index contributed by atoms with van der Waals surface area (Å²) in [5.74, 6) is -1.07. The maximum atomic E-state index is 11.7. The molecule has 90 valence electrons. The van der Waals surface area contributed by atoms with Crippen molar-refractivity contribution in [2.24, 2.45) is 0 Å². The zero-order valence-electron chi connectivity index (χ0n) is 8.92. The molecule has 1 atom stereocenters. The number of thiophene rings is 1. The molecule has 1 rings (SSSR count). The van der Waals surface area contributed by atoms with Gasteiger partial charge < -0.3 is 5.11 Å². The average Bonchev–Trinajstić information content (AvgIpc) is 2.66. The molecule has 0 bridgehead atoms. The normalized spacial score (nSPS) is 13.6. The van der Waals surface area contributed by atoms with Gasteiger partial charge in [0.25, 0.3) is 0 Å². The van der Waals surface area contributed by atoms with E-state index in [1.807, 2.05) is 16.8 Å². The quantitative estimate of drug-likeness (QED) is 0.844. The van der Waals surface area contributed by atoms with E-state index in [0.717, 1.165) is 5.56 Å². The molecule has 1 aromatic heterocycles. The second-order valence-electron chi connectivity index (χ2n) is 3.66. The van der Waals surface area contributed by atoms with Crippen LogP contribution in [0.25, 0.3) is 0 Å². The molecule has 0 amide bonds. The highest BCUT2D eigenvalue weighted by Gasteiger charge is 2.23. The van der Waals surface area contributed by atoms with Crippen LogP contribution in [0.5, 0.6) is 0 Å². The molecule has 0 aliphatic heterocycles. The zero-order valence-corrected chi connectivity index (χ0v) is 10.6. The van der Waals surface area contributed by atoms with E-state index >= 15 is 0 Å². The van der Waals surface area contributed by atoms with Crippen molar-refractivity contribution in [3.05, 3.63) is 22.4 Å². The molecule has 16 heavy (non-hydrogen) atoms. The Hall–Kier alpha value is -0.880. The van der Waals surface area contributed by atoms with Crippen molar-refractivity contribution in [2.75, 3.05) is 5.75 Å². The SMILES string of the molecule is CC(CC(=O)O)S(=O)(=O)CCc1ccsc1. The number of hydrogen-bond donors (Lipinski definition) is 1. The van der Waals surface area contributed by atoms with Crippen molar-refractivity contribution < 1.29 is 18.3 Å². The Morgan fingerprint density at radius 1 is 1.56 bits per heavy atom. The first-order valence-corrected chi connectivity index (χ1v) is 7.52. The number of carbonyl (C=O) groups is 1. The van der Waals surface area contributed by atoms with E-state index in [1.54, 1.807) is 0 Å². The third kappa shape index (κ3) is 3.94. The first-order chi connectivity index (χ1) is 7.42. The van der Waals surface area contributed by atoms with Crippen LogP contribution < -0.4 is 0 Å². The maximum absolute atomic E-state index is 11.7. The number of rotatable bonds is 6. The summed E-state index contributed by atoms with van der Waals surface area (Å²) in [7, 11) is -3.31. The van der Waals surface area contributed by atoms with Crippen molar-refractivity contribution in [2.45, 2.75) is 25.0 Å². The van der Waals surface area contributed by atoms with Crippen LogP contribution in [0.1, 0.15) is 18.9 Å². The highest BCUT2D eigenvalue weighted by atomic mass is 32.2. The third-order valence-electron chi connectivity index (χ3n) is 2.33. The van der Waals surface area contributed by atoms with E-state index < -0.39 is 21.1 Å². The minimum Gasteiger partial charge on any atom is -0.481 e. The number of hydrogen-bond acceptors (Lipinski definition) is 4. The van der Waals surface area contributed by atoms with Crippen LogP contribution >= 0.6 is 11.3 Å². The molecule has 4 nitrogen and oxygen atoms in total. The Labute approximate surface area is 98.8 Å². The summed E-state index contributed by atoms with van der Waals surface area (Å²) >= 11 is 1.52. The Bertz CT molecular complexity index is 433. The standard InChI is InChI=1S/C10H14O4S2/c1-8(6-10(11)12)16(13,14)5-3-9-2-4-15-7-9/h2,4,7-8H,3,5-6H2,1H3,(H,11,12). The van der Waals surface area contributed by atoms with E-state index in [0.29, 0.717) is 6.42 Å². The van der Waals surface area contributed by atoms with Crippen LogP contribution in [0.2, 0.25) is 0 Å². The lowest BCUT2D eigenvalue weighted by Crippen LogP contribution is -2.24. The van der Waals surface area contributed by atoms with E-state index in [-0.39, 0.29) is 12.2 Å². The van der Waals surface area contributed by atoms with Crippen molar-refractivity contribution in [1.29, 1.82) is 0 Å². The monoisotopic (exact) mass is 262 g/mol. The van der Waals surface area contributed by atoms with E-state index in [2.05, 4.69) is 0 Å². The molecular weight excluding hydrogens is 248 g/mol.